The highest BCUT2D eigenvalue weighted by molar-refractivity contribution is 5.27. The summed E-state index contributed by atoms with van der Waals surface area (Å²) in [6.45, 7) is 10.2. The molecule has 0 bridgehead atoms. The molecular formula is C17H28N2. The summed E-state index contributed by atoms with van der Waals surface area (Å²) in [5.41, 5.74) is 2.96. The first kappa shape index (κ1) is 14.5. The molecule has 1 unspecified atom stereocenters. The minimum Gasteiger partial charge on any atom is -0.313 e. The van der Waals surface area contributed by atoms with Crippen LogP contribution in [-0.2, 0) is 13.1 Å². The second kappa shape index (κ2) is 7.66. The Labute approximate surface area is 118 Å². The zero-order chi connectivity index (χ0) is 13.5. The van der Waals surface area contributed by atoms with Gasteiger partial charge in [0.1, 0.15) is 0 Å². The Morgan fingerprint density at radius 2 is 1.95 bits per heavy atom. The lowest BCUT2D eigenvalue weighted by atomic mass is 10.0. The Hall–Kier alpha value is -0.860. The number of nitrogens with zero attached hydrogens (tertiary/aromatic N) is 1. The topological polar surface area (TPSA) is 15.3 Å². The molecule has 2 rings (SSSR count). The number of nitrogens with one attached hydrogen (secondary N) is 1. The molecule has 1 aromatic rings. The quantitative estimate of drug-likeness (QED) is 0.872. The van der Waals surface area contributed by atoms with Gasteiger partial charge in [0.25, 0.3) is 0 Å². The van der Waals surface area contributed by atoms with Crippen molar-refractivity contribution in [2.75, 3.05) is 19.6 Å². The molecule has 19 heavy (non-hydrogen) atoms. The van der Waals surface area contributed by atoms with Crippen molar-refractivity contribution in [3.05, 3.63) is 35.4 Å². The molecule has 0 saturated carbocycles. The van der Waals surface area contributed by atoms with Gasteiger partial charge in [0, 0.05) is 13.1 Å². The molecule has 1 aliphatic heterocycles. The van der Waals surface area contributed by atoms with Gasteiger partial charge in [-0.2, -0.15) is 0 Å². The summed E-state index contributed by atoms with van der Waals surface area (Å²) in [6.07, 6.45) is 4.11. The highest BCUT2D eigenvalue weighted by atomic mass is 15.1. The summed E-state index contributed by atoms with van der Waals surface area (Å²) in [4.78, 5) is 2.63. The Kier molecular flexibility index (Phi) is 5.87. The first-order valence-electron chi connectivity index (χ1n) is 7.79. The van der Waals surface area contributed by atoms with Crippen molar-refractivity contribution in [3.8, 4) is 0 Å². The molecule has 106 valence electrons. The second-order valence-corrected chi connectivity index (χ2v) is 5.86. The number of likely N-dealkylation sites (tertiary alicyclic amines) is 1. The fourth-order valence-electron chi connectivity index (χ4n) is 2.87. The van der Waals surface area contributed by atoms with Gasteiger partial charge in [0.15, 0.2) is 0 Å². The first-order valence-corrected chi connectivity index (χ1v) is 7.79. The summed E-state index contributed by atoms with van der Waals surface area (Å²) in [6, 6.07) is 8.88. The first-order chi connectivity index (χ1) is 9.29. The van der Waals surface area contributed by atoms with Crippen LogP contribution in [0.4, 0.5) is 0 Å². The van der Waals surface area contributed by atoms with Gasteiger partial charge in [-0.05, 0) is 55.9 Å². The molecule has 1 N–H and O–H groups in total. The van der Waals surface area contributed by atoms with Gasteiger partial charge in [-0.15, -0.1) is 0 Å². The van der Waals surface area contributed by atoms with Crippen LogP contribution >= 0.6 is 0 Å². The highest BCUT2D eigenvalue weighted by Gasteiger charge is 2.14. The molecule has 0 amide bonds. The lowest BCUT2D eigenvalue weighted by Gasteiger charge is -2.21. The van der Waals surface area contributed by atoms with Crippen molar-refractivity contribution in [3.63, 3.8) is 0 Å². The van der Waals surface area contributed by atoms with Crippen LogP contribution < -0.4 is 5.32 Å². The van der Waals surface area contributed by atoms with Gasteiger partial charge in [0.2, 0.25) is 0 Å². The standard InChI is InChI=1S/C17H28N2/c1-3-18-13-16-8-4-5-9-17(16)14-19-11-6-7-15(2)10-12-19/h4-5,8-9,15,18H,3,6-7,10-14H2,1-2H3. The fraction of sp³-hybridized carbons (Fsp3) is 0.647. The van der Waals surface area contributed by atoms with Crippen molar-refractivity contribution in [1.82, 2.24) is 10.2 Å². The smallest absolute Gasteiger partial charge is 0.0236 e. The van der Waals surface area contributed by atoms with Crippen LogP contribution in [-0.4, -0.2) is 24.5 Å². The number of benzene rings is 1. The largest absolute Gasteiger partial charge is 0.313 e. The minimum absolute atomic E-state index is 0.905. The molecule has 0 spiro atoms. The molecular weight excluding hydrogens is 232 g/mol. The molecule has 0 aliphatic carbocycles. The SMILES string of the molecule is CCNCc1ccccc1CN1CCCC(C)CC1. The van der Waals surface area contributed by atoms with E-state index in [0.29, 0.717) is 0 Å². The van der Waals surface area contributed by atoms with Gasteiger partial charge in [-0.3, -0.25) is 4.90 Å². The van der Waals surface area contributed by atoms with Crippen molar-refractivity contribution < 1.29 is 0 Å². The summed E-state index contributed by atoms with van der Waals surface area (Å²) in [5.74, 6) is 0.905. The van der Waals surface area contributed by atoms with E-state index in [2.05, 4.69) is 48.3 Å². The molecule has 0 aromatic heterocycles. The van der Waals surface area contributed by atoms with Gasteiger partial charge in [0.05, 0.1) is 0 Å². The van der Waals surface area contributed by atoms with Gasteiger partial charge in [-0.25, -0.2) is 0 Å². The third kappa shape index (κ3) is 4.63. The van der Waals surface area contributed by atoms with E-state index >= 15 is 0 Å². The predicted molar refractivity (Wildman–Crippen MR) is 82.1 cm³/mol. The molecule has 1 heterocycles. The van der Waals surface area contributed by atoms with Crippen LogP contribution in [0.15, 0.2) is 24.3 Å². The molecule has 1 atom stereocenters. The Morgan fingerprint density at radius 1 is 1.16 bits per heavy atom. The molecule has 2 nitrogen and oxygen atoms in total. The summed E-state index contributed by atoms with van der Waals surface area (Å²) < 4.78 is 0. The van der Waals surface area contributed by atoms with E-state index in [4.69, 9.17) is 0 Å². The van der Waals surface area contributed by atoms with E-state index in [0.717, 1.165) is 25.6 Å². The lowest BCUT2D eigenvalue weighted by Crippen LogP contribution is -2.25. The summed E-state index contributed by atoms with van der Waals surface area (Å²) >= 11 is 0. The monoisotopic (exact) mass is 260 g/mol. The Bertz CT molecular complexity index is 375. The zero-order valence-corrected chi connectivity index (χ0v) is 12.5. The Balaban J connectivity index is 1.97. The maximum atomic E-state index is 3.44. The molecule has 0 radical (unpaired) electrons. The van der Waals surface area contributed by atoms with E-state index in [1.807, 2.05) is 0 Å². The maximum absolute atomic E-state index is 3.44. The van der Waals surface area contributed by atoms with Crippen molar-refractivity contribution >= 4 is 0 Å². The van der Waals surface area contributed by atoms with Crippen molar-refractivity contribution in [2.45, 2.75) is 46.2 Å². The molecule has 1 aliphatic rings. The average Bonchev–Trinajstić information content (AvgIpc) is 2.63. The summed E-state index contributed by atoms with van der Waals surface area (Å²) in [5, 5.41) is 3.44. The van der Waals surface area contributed by atoms with E-state index in [-0.39, 0.29) is 0 Å². The van der Waals surface area contributed by atoms with Gasteiger partial charge < -0.3 is 5.32 Å². The van der Waals surface area contributed by atoms with Crippen LogP contribution in [0, 0.1) is 5.92 Å². The van der Waals surface area contributed by atoms with E-state index in [9.17, 15) is 0 Å². The van der Waals surface area contributed by atoms with E-state index in [1.54, 1.807) is 0 Å². The number of hydrogen-bond donors (Lipinski definition) is 1. The molecule has 1 saturated heterocycles. The van der Waals surface area contributed by atoms with Crippen LogP contribution in [0.5, 0.6) is 0 Å². The van der Waals surface area contributed by atoms with Crippen LogP contribution in [0.1, 0.15) is 44.2 Å². The fourth-order valence-corrected chi connectivity index (χ4v) is 2.87. The average molecular weight is 260 g/mol. The predicted octanol–water partition coefficient (Wildman–Crippen LogP) is 3.42. The number of hydrogen-bond acceptors (Lipinski definition) is 2. The molecule has 2 heteroatoms. The summed E-state index contributed by atoms with van der Waals surface area (Å²) in [7, 11) is 0. The third-order valence-corrected chi connectivity index (χ3v) is 4.19. The van der Waals surface area contributed by atoms with Crippen LogP contribution in [0.2, 0.25) is 0 Å². The van der Waals surface area contributed by atoms with Gasteiger partial charge >= 0.3 is 0 Å². The number of rotatable bonds is 5. The second-order valence-electron chi connectivity index (χ2n) is 5.86. The van der Waals surface area contributed by atoms with Crippen LogP contribution in [0.3, 0.4) is 0 Å². The zero-order valence-electron chi connectivity index (χ0n) is 12.5. The van der Waals surface area contributed by atoms with Crippen LogP contribution in [0.25, 0.3) is 0 Å². The Morgan fingerprint density at radius 3 is 2.74 bits per heavy atom. The highest BCUT2D eigenvalue weighted by Crippen LogP contribution is 2.19. The third-order valence-electron chi connectivity index (χ3n) is 4.19. The lowest BCUT2D eigenvalue weighted by molar-refractivity contribution is 0.272. The normalized spacial score (nSPS) is 21.3. The molecule has 1 aromatic carbocycles. The minimum atomic E-state index is 0.905. The van der Waals surface area contributed by atoms with E-state index in [1.165, 1.54) is 43.5 Å². The van der Waals surface area contributed by atoms with Gasteiger partial charge in [-0.1, -0.05) is 38.1 Å². The molecule has 1 fully saturated rings. The van der Waals surface area contributed by atoms with Crippen molar-refractivity contribution in [1.29, 1.82) is 0 Å². The van der Waals surface area contributed by atoms with Crippen molar-refractivity contribution in [2.24, 2.45) is 5.92 Å². The maximum Gasteiger partial charge on any atom is 0.0236 e. The van der Waals surface area contributed by atoms with E-state index < -0.39 is 0 Å².